The summed E-state index contributed by atoms with van der Waals surface area (Å²) < 4.78 is 2.36. The highest BCUT2D eigenvalue weighted by atomic mass is 16.1. The molecule has 6 heteroatoms. The van der Waals surface area contributed by atoms with E-state index in [1.165, 1.54) is 0 Å². The lowest BCUT2D eigenvalue weighted by atomic mass is 9.98. The standard InChI is InChI=1S/C27H31N5O/c28-14-15-31-26(33)9-5-2-6-16-32-25-18-21(30)11-13-23(25)22-12-10-20(29)17-24(22)27(32)19-7-3-1-4-8-19/h1,3-4,7-8,10-13,17-18,30H,2,5-6,9,14-16,28-29H2,(H,31,33)/p+1. The van der Waals surface area contributed by atoms with Gasteiger partial charge < -0.3 is 22.5 Å². The Kier molecular flexibility index (Phi) is 7.05. The van der Waals surface area contributed by atoms with Gasteiger partial charge in [0, 0.05) is 54.3 Å². The van der Waals surface area contributed by atoms with Crippen molar-refractivity contribution in [1.29, 1.82) is 0 Å². The number of nitrogens with two attached hydrogens (primary N) is 3. The fourth-order valence-electron chi connectivity index (χ4n) is 4.43. The second-order valence-corrected chi connectivity index (χ2v) is 8.40. The fourth-order valence-corrected chi connectivity index (χ4v) is 4.43. The highest BCUT2D eigenvalue weighted by Crippen LogP contribution is 2.33. The van der Waals surface area contributed by atoms with Crippen LogP contribution in [-0.4, -0.2) is 19.0 Å². The van der Waals surface area contributed by atoms with Gasteiger partial charge in [0.05, 0.1) is 10.8 Å². The molecule has 0 fully saturated rings. The van der Waals surface area contributed by atoms with Gasteiger partial charge in [-0.3, -0.25) is 4.79 Å². The molecule has 6 nitrogen and oxygen atoms in total. The van der Waals surface area contributed by atoms with Crippen molar-refractivity contribution in [2.24, 2.45) is 5.73 Å². The molecule has 0 unspecified atom stereocenters. The molecule has 0 saturated carbocycles. The molecule has 0 saturated heterocycles. The molecule has 1 amide bonds. The smallest absolute Gasteiger partial charge is 0.220 e. The Morgan fingerprint density at radius 3 is 2.30 bits per heavy atom. The Morgan fingerprint density at radius 1 is 0.818 bits per heavy atom. The van der Waals surface area contributed by atoms with Crippen molar-refractivity contribution in [2.75, 3.05) is 24.6 Å². The number of nitrogen functional groups attached to an aromatic ring is 2. The summed E-state index contributed by atoms with van der Waals surface area (Å²) in [6, 6.07) is 22.6. The van der Waals surface area contributed by atoms with Gasteiger partial charge in [-0.2, -0.15) is 4.57 Å². The van der Waals surface area contributed by atoms with Gasteiger partial charge in [-0.1, -0.05) is 24.3 Å². The molecule has 33 heavy (non-hydrogen) atoms. The molecule has 0 spiro atoms. The van der Waals surface area contributed by atoms with Gasteiger partial charge in [0.1, 0.15) is 6.54 Å². The second-order valence-electron chi connectivity index (χ2n) is 8.40. The Balaban J connectivity index is 1.73. The number of unbranched alkanes of at least 4 members (excludes halogenated alkanes) is 2. The van der Waals surface area contributed by atoms with Crippen LogP contribution in [0.5, 0.6) is 0 Å². The summed E-state index contributed by atoms with van der Waals surface area (Å²) in [5, 5.41) is 6.27. The third-order valence-corrected chi connectivity index (χ3v) is 5.97. The highest BCUT2D eigenvalue weighted by molar-refractivity contribution is 6.10. The van der Waals surface area contributed by atoms with Gasteiger partial charge in [0.25, 0.3) is 0 Å². The summed E-state index contributed by atoms with van der Waals surface area (Å²) >= 11 is 0. The van der Waals surface area contributed by atoms with Gasteiger partial charge in [0.2, 0.25) is 17.1 Å². The first-order valence-corrected chi connectivity index (χ1v) is 11.5. The second kappa shape index (κ2) is 10.3. The number of benzene rings is 3. The first kappa shape index (κ1) is 22.6. The number of rotatable bonds is 9. The van der Waals surface area contributed by atoms with Gasteiger partial charge in [-0.15, -0.1) is 0 Å². The summed E-state index contributed by atoms with van der Waals surface area (Å²) in [5.41, 5.74) is 22.7. The minimum absolute atomic E-state index is 0.0671. The minimum Gasteiger partial charge on any atom is -0.399 e. The van der Waals surface area contributed by atoms with Crippen LogP contribution in [-0.2, 0) is 11.3 Å². The van der Waals surface area contributed by atoms with Crippen molar-refractivity contribution in [3.05, 3.63) is 66.7 Å². The number of nitrogens with zero attached hydrogens (tertiary/aromatic N) is 1. The Hall–Kier alpha value is -3.64. The van der Waals surface area contributed by atoms with Crippen molar-refractivity contribution in [3.8, 4) is 11.3 Å². The van der Waals surface area contributed by atoms with Crippen LogP contribution in [0.1, 0.15) is 25.7 Å². The third-order valence-electron chi connectivity index (χ3n) is 5.97. The van der Waals surface area contributed by atoms with E-state index in [0.717, 1.165) is 70.1 Å². The number of fused-ring (bicyclic) bond motifs is 3. The van der Waals surface area contributed by atoms with Gasteiger partial charge in [-0.05, 0) is 49.2 Å². The predicted molar refractivity (Wildman–Crippen MR) is 136 cm³/mol. The zero-order valence-electron chi connectivity index (χ0n) is 18.9. The molecule has 0 bridgehead atoms. The van der Waals surface area contributed by atoms with Gasteiger partial charge in [0.15, 0.2) is 0 Å². The number of aromatic nitrogens is 1. The van der Waals surface area contributed by atoms with Crippen molar-refractivity contribution >= 4 is 39.0 Å². The molecule has 1 aromatic heterocycles. The molecule has 0 radical (unpaired) electrons. The number of hydrogen-bond acceptors (Lipinski definition) is 4. The molecule has 7 N–H and O–H groups in total. The summed E-state index contributed by atoms with van der Waals surface area (Å²) in [6.07, 6.45) is 3.28. The van der Waals surface area contributed by atoms with Crippen LogP contribution in [0, 0.1) is 0 Å². The van der Waals surface area contributed by atoms with E-state index >= 15 is 0 Å². The van der Waals surface area contributed by atoms with E-state index in [9.17, 15) is 4.79 Å². The zero-order chi connectivity index (χ0) is 23.2. The fraction of sp³-hybridized carbons (Fsp3) is 0.259. The molecule has 0 aliphatic heterocycles. The number of amides is 1. The lowest BCUT2D eigenvalue weighted by molar-refractivity contribution is -0.659. The minimum atomic E-state index is 0.0671. The van der Waals surface area contributed by atoms with Crippen LogP contribution in [0.25, 0.3) is 32.9 Å². The third kappa shape index (κ3) is 5.07. The molecule has 0 atom stereocenters. The molecule has 3 aromatic carbocycles. The number of hydrogen-bond donors (Lipinski definition) is 4. The summed E-state index contributed by atoms with van der Waals surface area (Å²) in [7, 11) is 0. The van der Waals surface area contributed by atoms with Crippen LogP contribution in [0.15, 0.2) is 66.7 Å². The maximum atomic E-state index is 11.9. The Bertz CT molecular complexity index is 1270. The molecule has 1 heterocycles. The Morgan fingerprint density at radius 2 is 1.55 bits per heavy atom. The molecular weight excluding hydrogens is 410 g/mol. The first-order valence-electron chi connectivity index (χ1n) is 11.5. The molecule has 170 valence electrons. The average molecular weight is 443 g/mol. The van der Waals surface area contributed by atoms with Crippen molar-refractivity contribution < 1.29 is 9.36 Å². The van der Waals surface area contributed by atoms with E-state index in [0.29, 0.717) is 19.5 Å². The van der Waals surface area contributed by atoms with Crippen LogP contribution < -0.4 is 27.1 Å². The van der Waals surface area contributed by atoms with E-state index in [1.54, 1.807) is 0 Å². The number of nitrogens with one attached hydrogen (secondary N) is 1. The highest BCUT2D eigenvalue weighted by Gasteiger charge is 2.23. The summed E-state index contributed by atoms with van der Waals surface area (Å²) in [6.45, 7) is 1.81. The van der Waals surface area contributed by atoms with Crippen LogP contribution in [0.2, 0.25) is 0 Å². The first-order chi connectivity index (χ1) is 16.1. The van der Waals surface area contributed by atoms with E-state index in [-0.39, 0.29) is 5.91 Å². The number of carbonyl (C=O) groups excluding carboxylic acids is 1. The molecule has 0 aliphatic carbocycles. The number of carbonyl (C=O) groups is 1. The lowest BCUT2D eigenvalue weighted by Gasteiger charge is -2.13. The maximum absolute atomic E-state index is 11.9. The van der Waals surface area contributed by atoms with Gasteiger partial charge in [-0.25, -0.2) is 0 Å². The topological polar surface area (TPSA) is 111 Å². The SMILES string of the molecule is NCCNC(=O)CCCCC[n+]1c(-c2ccccc2)c2cc(N)ccc2c2ccc(N)cc21. The lowest BCUT2D eigenvalue weighted by Crippen LogP contribution is -2.38. The van der Waals surface area contributed by atoms with Crippen LogP contribution >= 0.6 is 0 Å². The van der Waals surface area contributed by atoms with Gasteiger partial charge >= 0.3 is 0 Å². The monoisotopic (exact) mass is 442 g/mol. The van der Waals surface area contributed by atoms with E-state index in [4.69, 9.17) is 17.2 Å². The maximum Gasteiger partial charge on any atom is 0.220 e. The number of anilines is 2. The zero-order valence-corrected chi connectivity index (χ0v) is 18.9. The van der Waals surface area contributed by atoms with Crippen LogP contribution in [0.3, 0.4) is 0 Å². The van der Waals surface area contributed by atoms with Crippen LogP contribution in [0.4, 0.5) is 11.4 Å². The average Bonchev–Trinajstić information content (AvgIpc) is 2.82. The summed E-state index contributed by atoms with van der Waals surface area (Å²) in [5.74, 6) is 0.0671. The quantitative estimate of drug-likeness (QED) is 0.137. The molecule has 4 rings (SSSR count). The number of pyridine rings is 1. The van der Waals surface area contributed by atoms with Crippen molar-refractivity contribution in [3.63, 3.8) is 0 Å². The normalized spacial score (nSPS) is 11.2. The molecule has 0 aliphatic rings. The van der Waals surface area contributed by atoms with E-state index in [1.807, 2.05) is 18.2 Å². The molecular formula is C27H32N5O+. The van der Waals surface area contributed by atoms with E-state index < -0.39 is 0 Å². The molecule has 4 aromatic rings. The summed E-state index contributed by atoms with van der Waals surface area (Å²) in [4.78, 5) is 11.9. The largest absolute Gasteiger partial charge is 0.399 e. The number of aryl methyl sites for hydroxylation is 1. The van der Waals surface area contributed by atoms with Crippen molar-refractivity contribution in [2.45, 2.75) is 32.2 Å². The van der Waals surface area contributed by atoms with E-state index in [2.05, 4.69) is 58.4 Å². The van der Waals surface area contributed by atoms with Crippen molar-refractivity contribution in [1.82, 2.24) is 5.32 Å². The Labute approximate surface area is 194 Å². The predicted octanol–water partition coefficient (Wildman–Crippen LogP) is 3.75.